The first-order chi connectivity index (χ1) is 15.5. The minimum Gasteiger partial charge on any atom is -0.491 e. The summed E-state index contributed by atoms with van der Waals surface area (Å²) < 4.78 is 6.09. The van der Waals surface area contributed by atoms with Crippen molar-refractivity contribution in [2.45, 2.75) is 53.0 Å². The number of aryl methyl sites for hydroxylation is 2. The molecule has 1 aliphatic rings. The highest BCUT2D eigenvalue weighted by Gasteiger charge is 2.24. The van der Waals surface area contributed by atoms with Crippen LogP contribution in [-0.4, -0.2) is 52.5 Å². The number of aromatic amines is 1. The van der Waals surface area contributed by atoms with Gasteiger partial charge < -0.3 is 19.5 Å². The Labute approximate surface area is 190 Å². The predicted molar refractivity (Wildman–Crippen MR) is 129 cm³/mol. The second-order valence-electron chi connectivity index (χ2n) is 8.87. The van der Waals surface area contributed by atoms with Crippen molar-refractivity contribution in [1.82, 2.24) is 19.8 Å². The molecule has 0 saturated carbocycles. The fourth-order valence-electron chi connectivity index (χ4n) is 4.47. The Hall–Kier alpha value is -3.02. The van der Waals surface area contributed by atoms with Gasteiger partial charge in [-0.3, -0.25) is 0 Å². The van der Waals surface area contributed by atoms with E-state index >= 15 is 0 Å². The van der Waals surface area contributed by atoms with Crippen LogP contribution in [0.2, 0.25) is 0 Å². The van der Waals surface area contributed by atoms with Gasteiger partial charge in [-0.25, -0.2) is 9.78 Å². The second kappa shape index (κ2) is 9.63. The van der Waals surface area contributed by atoms with E-state index in [9.17, 15) is 4.79 Å². The molecule has 32 heavy (non-hydrogen) atoms. The third-order valence-electron chi connectivity index (χ3n) is 6.20. The van der Waals surface area contributed by atoms with Gasteiger partial charge in [0.2, 0.25) is 0 Å². The summed E-state index contributed by atoms with van der Waals surface area (Å²) in [5.41, 5.74) is 6.42. The largest absolute Gasteiger partial charge is 0.491 e. The maximum absolute atomic E-state index is 13.1. The van der Waals surface area contributed by atoms with Gasteiger partial charge in [-0.15, -0.1) is 0 Å². The number of urea groups is 1. The summed E-state index contributed by atoms with van der Waals surface area (Å²) in [6.45, 7) is 8.73. The zero-order valence-corrected chi connectivity index (χ0v) is 19.7. The number of nitrogens with one attached hydrogen (secondary N) is 1. The van der Waals surface area contributed by atoms with Crippen molar-refractivity contribution in [2.24, 2.45) is 0 Å². The Balaban J connectivity index is 1.56. The quantitative estimate of drug-likeness (QED) is 0.508. The number of H-pyrrole nitrogens is 1. The van der Waals surface area contributed by atoms with Crippen molar-refractivity contribution in [3.8, 4) is 16.9 Å². The van der Waals surface area contributed by atoms with Gasteiger partial charge in [-0.2, -0.15) is 0 Å². The van der Waals surface area contributed by atoms with Crippen LogP contribution in [0, 0.1) is 13.8 Å². The fraction of sp³-hybridized carbons (Fsp3) is 0.462. The molecule has 2 aromatic carbocycles. The number of carbonyl (C=O) groups is 1. The maximum Gasteiger partial charge on any atom is 0.320 e. The first kappa shape index (κ1) is 22.2. The SMILES string of the molecule is CCCCCCN(C)C(=O)N1CCOc2c(C)cc(-c3ccc4nc(C)[nH]c4c3)cc2C1. The molecule has 1 aliphatic heterocycles. The van der Waals surface area contributed by atoms with Crippen LogP contribution in [0.25, 0.3) is 22.2 Å². The molecule has 0 radical (unpaired) electrons. The molecule has 0 aliphatic carbocycles. The summed E-state index contributed by atoms with van der Waals surface area (Å²) in [6, 6.07) is 10.7. The smallest absolute Gasteiger partial charge is 0.320 e. The van der Waals surface area contributed by atoms with Crippen LogP contribution in [0.5, 0.6) is 5.75 Å². The Kier molecular flexibility index (Phi) is 6.68. The molecule has 2 amide bonds. The summed E-state index contributed by atoms with van der Waals surface area (Å²) in [7, 11) is 1.91. The Morgan fingerprint density at radius 2 is 2.00 bits per heavy atom. The zero-order chi connectivity index (χ0) is 22.7. The lowest BCUT2D eigenvalue weighted by molar-refractivity contribution is 0.154. The highest BCUT2D eigenvalue weighted by Crippen LogP contribution is 2.34. The highest BCUT2D eigenvalue weighted by molar-refractivity contribution is 5.82. The number of ether oxygens (including phenoxy) is 1. The van der Waals surface area contributed by atoms with Crippen molar-refractivity contribution in [3.05, 3.63) is 47.3 Å². The van der Waals surface area contributed by atoms with Crippen LogP contribution in [0.15, 0.2) is 30.3 Å². The molecule has 0 atom stereocenters. The van der Waals surface area contributed by atoms with E-state index in [-0.39, 0.29) is 6.03 Å². The van der Waals surface area contributed by atoms with Gasteiger partial charge in [0.15, 0.2) is 0 Å². The third-order valence-corrected chi connectivity index (χ3v) is 6.20. The number of carbonyl (C=O) groups excluding carboxylic acids is 1. The molecule has 0 spiro atoms. The number of fused-ring (bicyclic) bond motifs is 2. The van der Waals surface area contributed by atoms with E-state index < -0.39 is 0 Å². The van der Waals surface area contributed by atoms with Crippen LogP contribution in [-0.2, 0) is 6.54 Å². The van der Waals surface area contributed by atoms with Crippen molar-refractivity contribution < 1.29 is 9.53 Å². The lowest BCUT2D eigenvalue weighted by atomic mass is 9.98. The molecule has 1 N–H and O–H groups in total. The topological polar surface area (TPSA) is 61.5 Å². The van der Waals surface area contributed by atoms with E-state index in [4.69, 9.17) is 4.74 Å². The molecule has 170 valence electrons. The minimum atomic E-state index is 0.0790. The van der Waals surface area contributed by atoms with Gasteiger partial charge in [-0.05, 0) is 61.2 Å². The van der Waals surface area contributed by atoms with Crippen LogP contribution >= 0.6 is 0 Å². The van der Waals surface area contributed by atoms with Crippen LogP contribution in [0.3, 0.4) is 0 Å². The molecule has 6 nitrogen and oxygen atoms in total. The van der Waals surface area contributed by atoms with E-state index in [1.165, 1.54) is 19.3 Å². The number of hydrogen-bond acceptors (Lipinski definition) is 3. The Bertz CT molecular complexity index is 1100. The van der Waals surface area contributed by atoms with Gasteiger partial charge in [-0.1, -0.05) is 32.3 Å². The molecule has 0 unspecified atom stereocenters. The number of aromatic nitrogens is 2. The first-order valence-corrected chi connectivity index (χ1v) is 11.7. The van der Waals surface area contributed by atoms with Gasteiger partial charge in [0.25, 0.3) is 0 Å². The van der Waals surface area contributed by atoms with E-state index in [0.717, 1.165) is 57.8 Å². The summed E-state index contributed by atoms with van der Waals surface area (Å²) in [6.07, 6.45) is 4.64. The predicted octanol–water partition coefficient (Wildman–Crippen LogP) is 5.67. The molecule has 0 fully saturated rings. The van der Waals surface area contributed by atoms with Gasteiger partial charge in [0.1, 0.15) is 18.2 Å². The highest BCUT2D eigenvalue weighted by atomic mass is 16.5. The van der Waals surface area contributed by atoms with Gasteiger partial charge in [0.05, 0.1) is 24.1 Å². The van der Waals surface area contributed by atoms with E-state index in [1.54, 1.807) is 0 Å². The monoisotopic (exact) mass is 434 g/mol. The molecule has 0 bridgehead atoms. The van der Waals surface area contributed by atoms with Crippen molar-refractivity contribution in [1.29, 1.82) is 0 Å². The Morgan fingerprint density at radius 1 is 1.16 bits per heavy atom. The number of nitrogens with zero attached hydrogens (tertiary/aromatic N) is 3. The van der Waals surface area contributed by atoms with Crippen molar-refractivity contribution >= 4 is 17.1 Å². The average molecular weight is 435 g/mol. The summed E-state index contributed by atoms with van der Waals surface area (Å²) in [5, 5.41) is 0. The number of amides is 2. The van der Waals surface area contributed by atoms with Crippen molar-refractivity contribution in [3.63, 3.8) is 0 Å². The number of hydrogen-bond donors (Lipinski definition) is 1. The average Bonchev–Trinajstić information content (AvgIpc) is 3.01. The molecule has 6 heteroatoms. The van der Waals surface area contributed by atoms with Gasteiger partial charge in [0, 0.05) is 19.2 Å². The van der Waals surface area contributed by atoms with E-state index in [1.807, 2.05) is 23.8 Å². The summed E-state index contributed by atoms with van der Waals surface area (Å²) in [4.78, 5) is 24.7. The molecule has 0 saturated heterocycles. The van der Waals surface area contributed by atoms with E-state index in [0.29, 0.717) is 19.7 Å². The first-order valence-electron chi connectivity index (χ1n) is 11.7. The molecular formula is C26H34N4O2. The van der Waals surface area contributed by atoms with Gasteiger partial charge >= 0.3 is 6.03 Å². The lowest BCUT2D eigenvalue weighted by Gasteiger charge is -2.27. The number of benzene rings is 2. The molecular weight excluding hydrogens is 400 g/mol. The Morgan fingerprint density at radius 3 is 2.81 bits per heavy atom. The fourth-order valence-corrected chi connectivity index (χ4v) is 4.47. The standard InChI is InChI=1S/C26H34N4O2/c1-5-6-7-8-11-29(4)26(31)30-12-13-32-25-18(2)14-21(15-22(25)17-30)20-9-10-23-24(16-20)28-19(3)27-23/h9-10,14-16H,5-8,11-13,17H2,1-4H3,(H,27,28). The molecule has 3 aromatic rings. The normalized spacial score (nSPS) is 13.6. The summed E-state index contributed by atoms with van der Waals surface area (Å²) in [5.74, 6) is 1.82. The lowest BCUT2D eigenvalue weighted by Crippen LogP contribution is -2.42. The molecule has 4 rings (SSSR count). The van der Waals surface area contributed by atoms with Crippen molar-refractivity contribution in [2.75, 3.05) is 26.7 Å². The van der Waals surface area contributed by atoms with Crippen LogP contribution in [0.4, 0.5) is 4.79 Å². The second-order valence-corrected chi connectivity index (χ2v) is 8.87. The molecule has 2 heterocycles. The summed E-state index contributed by atoms with van der Waals surface area (Å²) >= 11 is 0. The zero-order valence-electron chi connectivity index (χ0n) is 19.7. The number of imidazole rings is 1. The van der Waals surface area contributed by atoms with Crippen LogP contribution < -0.4 is 4.74 Å². The third kappa shape index (κ3) is 4.74. The maximum atomic E-state index is 13.1. The van der Waals surface area contributed by atoms with E-state index in [2.05, 4.69) is 54.1 Å². The molecule has 1 aromatic heterocycles. The minimum absolute atomic E-state index is 0.0790. The number of unbranched alkanes of at least 4 members (excludes halogenated alkanes) is 3. The number of rotatable bonds is 6. The van der Waals surface area contributed by atoms with Crippen LogP contribution in [0.1, 0.15) is 49.6 Å².